The van der Waals surface area contributed by atoms with E-state index in [0.717, 1.165) is 5.56 Å². The van der Waals surface area contributed by atoms with Crippen molar-refractivity contribution >= 4 is 5.91 Å². The Labute approximate surface area is 116 Å². The molecule has 1 amide bonds. The van der Waals surface area contributed by atoms with Crippen LogP contribution in [0.4, 0.5) is 0 Å². The van der Waals surface area contributed by atoms with Gasteiger partial charge >= 0.3 is 0 Å². The van der Waals surface area contributed by atoms with E-state index >= 15 is 0 Å². The van der Waals surface area contributed by atoms with E-state index in [1.54, 1.807) is 6.92 Å². The SMILES string of the molecule is CC(CO)(NC(=O)c1ncccc1O)c1ccccc1. The molecule has 0 aliphatic carbocycles. The van der Waals surface area contributed by atoms with E-state index in [1.165, 1.54) is 18.3 Å². The molecule has 0 saturated heterocycles. The maximum Gasteiger partial charge on any atom is 0.274 e. The van der Waals surface area contributed by atoms with Crippen molar-refractivity contribution in [2.45, 2.75) is 12.5 Å². The van der Waals surface area contributed by atoms with Gasteiger partial charge in [0.2, 0.25) is 0 Å². The molecule has 104 valence electrons. The highest BCUT2D eigenvalue weighted by Crippen LogP contribution is 2.21. The van der Waals surface area contributed by atoms with Crippen molar-refractivity contribution in [1.82, 2.24) is 10.3 Å². The Morgan fingerprint density at radius 3 is 2.55 bits per heavy atom. The summed E-state index contributed by atoms with van der Waals surface area (Å²) < 4.78 is 0. The van der Waals surface area contributed by atoms with Crippen LogP contribution in [-0.2, 0) is 5.54 Å². The van der Waals surface area contributed by atoms with Crippen LogP contribution in [0.5, 0.6) is 5.75 Å². The number of hydrogen-bond donors (Lipinski definition) is 3. The summed E-state index contributed by atoms with van der Waals surface area (Å²) in [5, 5.41) is 21.9. The summed E-state index contributed by atoms with van der Waals surface area (Å²) in [5.74, 6) is -0.734. The summed E-state index contributed by atoms with van der Waals surface area (Å²) in [6, 6.07) is 12.1. The molecule has 1 aromatic carbocycles. The summed E-state index contributed by atoms with van der Waals surface area (Å²) in [6.07, 6.45) is 1.42. The number of aromatic nitrogens is 1. The van der Waals surface area contributed by atoms with Crippen LogP contribution >= 0.6 is 0 Å². The standard InChI is InChI=1S/C15H16N2O3/c1-15(10-18,11-6-3-2-4-7-11)17-14(20)13-12(19)8-5-9-16-13/h2-9,18-19H,10H2,1H3,(H,17,20). The molecule has 0 bridgehead atoms. The molecular weight excluding hydrogens is 256 g/mol. The summed E-state index contributed by atoms with van der Waals surface area (Å²) in [5.41, 5.74) is -0.239. The lowest BCUT2D eigenvalue weighted by Gasteiger charge is -2.29. The van der Waals surface area contributed by atoms with Gasteiger partial charge in [0.1, 0.15) is 5.75 Å². The molecule has 0 aliphatic heterocycles. The van der Waals surface area contributed by atoms with E-state index < -0.39 is 11.4 Å². The highest BCUT2D eigenvalue weighted by molar-refractivity contribution is 5.95. The zero-order valence-corrected chi connectivity index (χ0v) is 11.1. The molecule has 0 radical (unpaired) electrons. The number of benzene rings is 1. The Morgan fingerprint density at radius 2 is 1.95 bits per heavy atom. The van der Waals surface area contributed by atoms with Crippen LogP contribution in [0.1, 0.15) is 23.0 Å². The quantitative estimate of drug-likeness (QED) is 0.786. The van der Waals surface area contributed by atoms with Gasteiger partial charge in [-0.15, -0.1) is 0 Å². The van der Waals surface area contributed by atoms with Gasteiger partial charge in [0, 0.05) is 6.20 Å². The predicted molar refractivity (Wildman–Crippen MR) is 74.2 cm³/mol. The first kappa shape index (κ1) is 14.0. The third-order valence-corrected chi connectivity index (χ3v) is 3.12. The third-order valence-electron chi connectivity index (χ3n) is 3.12. The summed E-state index contributed by atoms with van der Waals surface area (Å²) >= 11 is 0. The van der Waals surface area contributed by atoms with Crippen LogP contribution in [0.3, 0.4) is 0 Å². The van der Waals surface area contributed by atoms with Gasteiger partial charge in [-0.25, -0.2) is 4.98 Å². The molecule has 20 heavy (non-hydrogen) atoms. The van der Waals surface area contributed by atoms with Gasteiger partial charge in [0.05, 0.1) is 12.1 Å². The predicted octanol–water partition coefficient (Wildman–Crippen LogP) is 1.42. The van der Waals surface area contributed by atoms with Gasteiger partial charge in [-0.1, -0.05) is 30.3 Å². The second kappa shape index (κ2) is 5.71. The monoisotopic (exact) mass is 272 g/mol. The van der Waals surface area contributed by atoms with E-state index in [-0.39, 0.29) is 18.1 Å². The maximum absolute atomic E-state index is 12.2. The van der Waals surface area contributed by atoms with Crippen molar-refractivity contribution < 1.29 is 15.0 Å². The number of hydrogen-bond acceptors (Lipinski definition) is 4. The molecule has 0 aliphatic rings. The Bertz CT molecular complexity index is 601. The normalized spacial score (nSPS) is 13.5. The fraction of sp³-hybridized carbons (Fsp3) is 0.200. The van der Waals surface area contributed by atoms with Crippen molar-refractivity contribution in [3.8, 4) is 5.75 Å². The lowest BCUT2D eigenvalue weighted by molar-refractivity contribution is 0.0841. The summed E-state index contributed by atoms with van der Waals surface area (Å²) in [6.45, 7) is 1.44. The number of carbonyl (C=O) groups is 1. The van der Waals surface area contributed by atoms with Crippen LogP contribution in [-0.4, -0.2) is 27.7 Å². The second-order valence-electron chi connectivity index (χ2n) is 4.68. The lowest BCUT2D eigenvalue weighted by atomic mass is 9.92. The number of aliphatic hydroxyl groups excluding tert-OH is 1. The second-order valence-corrected chi connectivity index (χ2v) is 4.68. The molecular formula is C15H16N2O3. The van der Waals surface area contributed by atoms with Crippen LogP contribution in [0.2, 0.25) is 0 Å². The highest BCUT2D eigenvalue weighted by Gasteiger charge is 2.29. The Kier molecular flexibility index (Phi) is 4.00. The van der Waals surface area contributed by atoms with Gasteiger partial charge in [-0.05, 0) is 24.6 Å². The number of aliphatic hydroxyl groups is 1. The number of aromatic hydroxyl groups is 1. The molecule has 3 N–H and O–H groups in total. The van der Waals surface area contributed by atoms with Crippen molar-refractivity contribution in [1.29, 1.82) is 0 Å². The molecule has 0 spiro atoms. The maximum atomic E-state index is 12.2. The van der Waals surface area contributed by atoms with E-state index in [9.17, 15) is 15.0 Å². The number of rotatable bonds is 4. The molecule has 2 rings (SSSR count). The van der Waals surface area contributed by atoms with E-state index in [4.69, 9.17) is 0 Å². The number of nitrogens with one attached hydrogen (secondary N) is 1. The van der Waals surface area contributed by atoms with E-state index in [1.807, 2.05) is 30.3 Å². The van der Waals surface area contributed by atoms with E-state index in [0.29, 0.717) is 0 Å². The van der Waals surface area contributed by atoms with Gasteiger partial charge in [0.25, 0.3) is 5.91 Å². The fourth-order valence-electron chi connectivity index (χ4n) is 1.89. The topological polar surface area (TPSA) is 82.5 Å². The molecule has 1 unspecified atom stereocenters. The third kappa shape index (κ3) is 2.78. The summed E-state index contributed by atoms with van der Waals surface area (Å²) in [4.78, 5) is 16.0. The van der Waals surface area contributed by atoms with Crippen LogP contribution in [0.15, 0.2) is 48.7 Å². The highest BCUT2D eigenvalue weighted by atomic mass is 16.3. The lowest BCUT2D eigenvalue weighted by Crippen LogP contribution is -2.46. The molecule has 5 heteroatoms. The first-order chi connectivity index (χ1) is 9.57. The molecule has 1 heterocycles. The van der Waals surface area contributed by atoms with Gasteiger partial charge in [0.15, 0.2) is 5.69 Å². The van der Waals surface area contributed by atoms with Crippen LogP contribution in [0.25, 0.3) is 0 Å². The zero-order valence-electron chi connectivity index (χ0n) is 11.1. The number of carbonyl (C=O) groups excluding carboxylic acids is 1. The minimum atomic E-state index is -0.942. The Balaban J connectivity index is 2.27. The zero-order chi connectivity index (χ0) is 14.6. The number of nitrogens with zero attached hydrogens (tertiary/aromatic N) is 1. The minimum Gasteiger partial charge on any atom is -0.505 e. The smallest absolute Gasteiger partial charge is 0.274 e. The first-order valence-electron chi connectivity index (χ1n) is 6.20. The molecule has 2 aromatic rings. The van der Waals surface area contributed by atoms with Crippen molar-refractivity contribution in [2.75, 3.05) is 6.61 Å². The van der Waals surface area contributed by atoms with Crippen molar-refractivity contribution in [2.24, 2.45) is 0 Å². The molecule has 1 atom stereocenters. The Morgan fingerprint density at radius 1 is 1.25 bits per heavy atom. The first-order valence-corrected chi connectivity index (χ1v) is 6.20. The number of pyridine rings is 1. The van der Waals surface area contributed by atoms with Crippen molar-refractivity contribution in [3.63, 3.8) is 0 Å². The Hall–Kier alpha value is -2.40. The van der Waals surface area contributed by atoms with Gasteiger partial charge < -0.3 is 15.5 Å². The fourth-order valence-corrected chi connectivity index (χ4v) is 1.89. The number of amides is 1. The van der Waals surface area contributed by atoms with Crippen molar-refractivity contribution in [3.05, 3.63) is 59.9 Å². The minimum absolute atomic E-state index is 0.0666. The van der Waals surface area contributed by atoms with Crippen LogP contribution < -0.4 is 5.32 Å². The largest absolute Gasteiger partial charge is 0.505 e. The van der Waals surface area contributed by atoms with Gasteiger partial charge in [-0.2, -0.15) is 0 Å². The average molecular weight is 272 g/mol. The van der Waals surface area contributed by atoms with E-state index in [2.05, 4.69) is 10.3 Å². The van der Waals surface area contributed by atoms with Crippen LogP contribution in [0, 0.1) is 0 Å². The molecule has 0 fully saturated rings. The molecule has 5 nitrogen and oxygen atoms in total. The summed E-state index contributed by atoms with van der Waals surface area (Å²) in [7, 11) is 0. The van der Waals surface area contributed by atoms with Gasteiger partial charge in [-0.3, -0.25) is 4.79 Å². The average Bonchev–Trinajstić information content (AvgIpc) is 2.48. The molecule has 1 aromatic heterocycles. The molecule has 0 saturated carbocycles.